The number of hydrogen-bond acceptors (Lipinski definition) is 3. The molecule has 0 N–H and O–H groups in total. The van der Waals surface area contributed by atoms with Crippen molar-refractivity contribution >= 4 is 23.8 Å². The molecule has 6 rings (SSSR count). The van der Waals surface area contributed by atoms with E-state index in [4.69, 9.17) is 4.74 Å². The first kappa shape index (κ1) is 23.8. The Morgan fingerprint density at radius 3 is 1.92 bits per heavy atom. The van der Waals surface area contributed by atoms with Crippen LogP contribution in [0.2, 0.25) is 0 Å². The minimum atomic E-state index is -0.752. The summed E-state index contributed by atoms with van der Waals surface area (Å²) in [7, 11) is -0.752. The van der Waals surface area contributed by atoms with Gasteiger partial charge in [-0.2, -0.15) is 0 Å². The van der Waals surface area contributed by atoms with Crippen molar-refractivity contribution in [3.63, 3.8) is 0 Å². The van der Waals surface area contributed by atoms with Gasteiger partial charge in [-0.25, -0.2) is 0 Å². The second-order valence-corrected chi connectivity index (χ2v) is 11.4. The van der Waals surface area contributed by atoms with Crippen LogP contribution >= 0.6 is 7.92 Å². The molecule has 4 aromatic carbocycles. The average molecular weight is 501 g/mol. The van der Waals surface area contributed by atoms with Crippen LogP contribution in [0.5, 0.6) is 0 Å². The molecule has 5 aromatic rings. The first-order chi connectivity index (χ1) is 18.4. The van der Waals surface area contributed by atoms with Crippen LogP contribution in [-0.4, -0.2) is 16.5 Å². The summed E-state index contributed by atoms with van der Waals surface area (Å²) in [6, 6.07) is 47.6. The quantitative estimate of drug-likeness (QED) is 0.252. The number of nitrogens with zero attached hydrogens (tertiary/aromatic N) is 2. The third kappa shape index (κ3) is 5.12. The molecule has 0 saturated carbocycles. The third-order valence-electron chi connectivity index (χ3n) is 6.84. The molecule has 2 atom stereocenters. The van der Waals surface area contributed by atoms with E-state index in [0.717, 1.165) is 5.69 Å². The summed E-state index contributed by atoms with van der Waals surface area (Å²) in [5, 5.41) is 4.01. The van der Waals surface area contributed by atoms with Crippen molar-refractivity contribution < 1.29 is 4.74 Å². The topological polar surface area (TPSA) is 25.4 Å². The Labute approximate surface area is 220 Å². The summed E-state index contributed by atoms with van der Waals surface area (Å²) in [6.07, 6.45) is 1.71. The summed E-state index contributed by atoms with van der Waals surface area (Å²) < 4.78 is 6.66. The van der Waals surface area contributed by atoms with Gasteiger partial charge in [0.1, 0.15) is 6.23 Å². The predicted molar refractivity (Wildman–Crippen MR) is 153 cm³/mol. The molecule has 4 heteroatoms. The van der Waals surface area contributed by atoms with Crippen molar-refractivity contribution in [3.05, 3.63) is 156 Å². The minimum Gasteiger partial charge on any atom is -0.357 e. The highest BCUT2D eigenvalue weighted by molar-refractivity contribution is 7.79. The van der Waals surface area contributed by atoms with E-state index >= 15 is 0 Å². The Balaban J connectivity index is 1.45. The Hall–Kier alpha value is -3.62. The van der Waals surface area contributed by atoms with Gasteiger partial charge < -0.3 is 4.74 Å². The molecule has 0 radical (unpaired) electrons. The number of ether oxygens (including phenoxy) is 1. The van der Waals surface area contributed by atoms with Gasteiger partial charge in [0.05, 0.1) is 18.3 Å². The van der Waals surface area contributed by atoms with Crippen LogP contribution in [-0.2, 0) is 11.3 Å². The first-order valence-electron chi connectivity index (χ1n) is 12.7. The molecule has 182 valence electrons. The molecule has 1 fully saturated rings. The van der Waals surface area contributed by atoms with Gasteiger partial charge in [0.25, 0.3) is 0 Å². The highest BCUT2D eigenvalue weighted by Crippen LogP contribution is 2.43. The predicted octanol–water partition coefficient (Wildman–Crippen LogP) is 6.11. The van der Waals surface area contributed by atoms with E-state index in [9.17, 15) is 0 Å². The fraction of sp³-hybridized carbons (Fsp3) is 0.121. The van der Waals surface area contributed by atoms with Crippen LogP contribution < -0.4 is 15.9 Å². The zero-order valence-electron chi connectivity index (χ0n) is 20.6. The fourth-order valence-electron chi connectivity index (χ4n) is 5.12. The lowest BCUT2D eigenvalue weighted by atomic mass is 10.1. The lowest BCUT2D eigenvalue weighted by molar-refractivity contribution is 0.0248. The molecule has 2 heterocycles. The van der Waals surface area contributed by atoms with Crippen molar-refractivity contribution in [1.29, 1.82) is 0 Å². The highest BCUT2D eigenvalue weighted by atomic mass is 31.1. The van der Waals surface area contributed by atoms with Crippen molar-refractivity contribution in [2.24, 2.45) is 0 Å². The van der Waals surface area contributed by atoms with E-state index in [-0.39, 0.29) is 12.3 Å². The molecular formula is C33H29N2OP. The van der Waals surface area contributed by atoms with Gasteiger partial charge in [-0.1, -0.05) is 121 Å². The Morgan fingerprint density at radius 1 is 0.676 bits per heavy atom. The third-order valence-corrected chi connectivity index (χ3v) is 9.36. The van der Waals surface area contributed by atoms with E-state index in [1.54, 1.807) is 0 Å². The molecule has 1 aromatic heterocycles. The molecular weight excluding hydrogens is 471 g/mol. The lowest BCUT2D eigenvalue weighted by Crippen LogP contribution is -2.31. The second-order valence-electron chi connectivity index (χ2n) is 9.17. The van der Waals surface area contributed by atoms with Crippen LogP contribution in [0.1, 0.15) is 29.1 Å². The summed E-state index contributed by atoms with van der Waals surface area (Å²) in [4.78, 5) is 7.13. The maximum Gasteiger partial charge on any atom is 0.138 e. The van der Waals surface area contributed by atoms with Gasteiger partial charge in [0, 0.05) is 18.3 Å². The molecule has 0 spiro atoms. The van der Waals surface area contributed by atoms with Gasteiger partial charge >= 0.3 is 0 Å². The van der Waals surface area contributed by atoms with Crippen LogP contribution in [0.4, 0.5) is 0 Å². The van der Waals surface area contributed by atoms with Gasteiger partial charge in [0.2, 0.25) is 0 Å². The first-order valence-corrected chi connectivity index (χ1v) is 14.0. The molecule has 0 amide bonds. The fourth-order valence-corrected chi connectivity index (χ4v) is 7.60. The van der Waals surface area contributed by atoms with Crippen molar-refractivity contribution in [3.8, 4) is 0 Å². The second kappa shape index (κ2) is 11.2. The van der Waals surface area contributed by atoms with Gasteiger partial charge in [0.15, 0.2) is 0 Å². The molecule has 1 saturated heterocycles. The zero-order chi connectivity index (χ0) is 24.9. The van der Waals surface area contributed by atoms with E-state index < -0.39 is 7.92 Å². The summed E-state index contributed by atoms with van der Waals surface area (Å²) in [6.45, 7) is 1.36. The number of pyridine rings is 1. The van der Waals surface area contributed by atoms with E-state index in [1.807, 2.05) is 12.3 Å². The van der Waals surface area contributed by atoms with Crippen LogP contribution in [0.15, 0.2) is 140 Å². The molecule has 37 heavy (non-hydrogen) atoms. The largest absolute Gasteiger partial charge is 0.357 e. The van der Waals surface area contributed by atoms with Crippen molar-refractivity contribution in [2.75, 3.05) is 6.61 Å². The van der Waals surface area contributed by atoms with E-state index in [1.165, 1.54) is 27.0 Å². The molecule has 3 nitrogen and oxygen atoms in total. The van der Waals surface area contributed by atoms with Crippen LogP contribution in [0, 0.1) is 0 Å². The summed E-state index contributed by atoms with van der Waals surface area (Å²) in [5.41, 5.74) is 3.55. The maximum absolute atomic E-state index is 6.66. The highest BCUT2D eigenvalue weighted by Gasteiger charge is 2.38. The number of aromatic nitrogens is 1. The van der Waals surface area contributed by atoms with Crippen molar-refractivity contribution in [2.45, 2.75) is 18.8 Å². The van der Waals surface area contributed by atoms with E-state index in [0.29, 0.717) is 13.2 Å². The molecule has 2 unspecified atom stereocenters. The minimum absolute atomic E-state index is 0.154. The number of benzene rings is 4. The van der Waals surface area contributed by atoms with Crippen LogP contribution in [0.3, 0.4) is 0 Å². The van der Waals surface area contributed by atoms with Crippen molar-refractivity contribution in [1.82, 2.24) is 9.88 Å². The van der Waals surface area contributed by atoms with Crippen LogP contribution in [0.25, 0.3) is 0 Å². The summed E-state index contributed by atoms with van der Waals surface area (Å²) in [5.74, 6) is 0. The standard InChI is InChI=1S/C33H29N2OP/c1-4-14-26(15-5-1)31-25-36-33(35(31)24-27-16-12-13-23-34-27)30-21-10-11-22-32(30)37(28-17-6-2-7-18-28)29-19-8-3-9-20-29/h1-23,31,33H,24-25H2. The zero-order valence-corrected chi connectivity index (χ0v) is 21.5. The Morgan fingerprint density at radius 2 is 1.27 bits per heavy atom. The molecule has 0 aliphatic carbocycles. The van der Waals surface area contributed by atoms with Gasteiger partial charge in [-0.3, -0.25) is 9.88 Å². The number of hydrogen-bond donors (Lipinski definition) is 0. The maximum atomic E-state index is 6.66. The van der Waals surface area contributed by atoms with E-state index in [2.05, 4.69) is 137 Å². The SMILES string of the molecule is c1ccc(C2COC(c3ccccc3P(c3ccccc3)c3ccccc3)N2Cc2ccccn2)cc1. The summed E-state index contributed by atoms with van der Waals surface area (Å²) >= 11 is 0. The Bertz CT molecular complexity index is 1370. The van der Waals surface area contributed by atoms with Gasteiger partial charge in [-0.05, 0) is 41.5 Å². The molecule has 0 bridgehead atoms. The monoisotopic (exact) mass is 500 g/mol. The lowest BCUT2D eigenvalue weighted by Gasteiger charge is -2.31. The molecule has 1 aliphatic heterocycles. The Kier molecular flexibility index (Phi) is 7.19. The average Bonchev–Trinajstić information content (AvgIpc) is 3.39. The normalized spacial score (nSPS) is 17.8. The molecule has 1 aliphatic rings. The smallest absolute Gasteiger partial charge is 0.138 e. The van der Waals surface area contributed by atoms with Gasteiger partial charge in [-0.15, -0.1) is 0 Å². The number of rotatable bonds is 7.